The van der Waals surface area contributed by atoms with Crippen LogP contribution in [0.4, 0.5) is 23.5 Å². The molecule has 15 heteroatoms. The lowest BCUT2D eigenvalue weighted by Gasteiger charge is -2.40. The minimum Gasteiger partial charge on any atom is -0.504 e. The van der Waals surface area contributed by atoms with Crippen LogP contribution in [-0.2, 0) is 29.7 Å². The number of piperazine rings is 1. The van der Waals surface area contributed by atoms with E-state index in [-0.39, 0.29) is 48.4 Å². The average molecular weight is 599 g/mol. The highest BCUT2D eigenvalue weighted by Gasteiger charge is 2.37. The molecule has 0 spiro atoms. The monoisotopic (exact) mass is 598 g/mol. The second kappa shape index (κ2) is 10.2. The molecule has 4 aromatic rings. The van der Waals surface area contributed by atoms with Crippen molar-refractivity contribution in [1.82, 2.24) is 24.1 Å². The van der Waals surface area contributed by atoms with Gasteiger partial charge in [-0.05, 0) is 18.1 Å². The summed E-state index contributed by atoms with van der Waals surface area (Å²) in [6.45, 7) is 0.689. The Morgan fingerprint density at radius 3 is 2.52 bits per heavy atom. The standard InChI is InChI=1S/C25H23ClF4N6O3S/c1-34-23-17(21(33-34)16-11-18(25(28,29)30)19(26)22(37)20(16)27)12-31-24(32-23)36-9-8-35(40(2,38)39)13-15(36)10-14-6-4-3-5-7-14/h3-7,11-12,15,37H,8-10,13H2,1-2H3/t15-/m1/s1. The molecule has 1 aliphatic rings. The number of fused-ring (bicyclic) bond motifs is 1. The van der Waals surface area contributed by atoms with Gasteiger partial charge in [-0.25, -0.2) is 22.5 Å². The van der Waals surface area contributed by atoms with Gasteiger partial charge >= 0.3 is 6.18 Å². The van der Waals surface area contributed by atoms with E-state index in [1.165, 1.54) is 22.2 Å². The zero-order valence-corrected chi connectivity index (χ0v) is 22.8. The average Bonchev–Trinajstić information content (AvgIpc) is 3.22. The van der Waals surface area contributed by atoms with Gasteiger partial charge in [-0.15, -0.1) is 0 Å². The summed E-state index contributed by atoms with van der Waals surface area (Å²) in [7, 11) is -1.95. The summed E-state index contributed by atoms with van der Waals surface area (Å²) >= 11 is 5.58. The number of sulfonamides is 1. The summed E-state index contributed by atoms with van der Waals surface area (Å²) in [6.07, 6.45) is -1.98. The zero-order chi connectivity index (χ0) is 29.0. The first-order valence-corrected chi connectivity index (χ1v) is 14.2. The van der Waals surface area contributed by atoms with Crippen molar-refractivity contribution in [3.05, 3.63) is 64.6 Å². The third-order valence-corrected chi connectivity index (χ3v) is 8.44. The molecule has 1 saturated heterocycles. The molecule has 212 valence electrons. The van der Waals surface area contributed by atoms with Crippen LogP contribution in [-0.4, -0.2) is 69.5 Å². The van der Waals surface area contributed by atoms with Crippen LogP contribution >= 0.6 is 11.6 Å². The van der Waals surface area contributed by atoms with E-state index in [1.54, 1.807) is 0 Å². The Labute approximate surface area is 231 Å². The van der Waals surface area contributed by atoms with Gasteiger partial charge in [-0.2, -0.15) is 27.6 Å². The smallest absolute Gasteiger partial charge is 0.418 e. The van der Waals surface area contributed by atoms with Crippen molar-refractivity contribution in [1.29, 1.82) is 0 Å². The van der Waals surface area contributed by atoms with E-state index in [2.05, 4.69) is 15.1 Å². The molecule has 0 amide bonds. The highest BCUT2D eigenvalue weighted by Crippen LogP contribution is 2.44. The lowest BCUT2D eigenvalue weighted by atomic mass is 10.0. The maximum atomic E-state index is 15.0. The van der Waals surface area contributed by atoms with Crippen LogP contribution in [0.15, 0.2) is 42.6 Å². The molecular weight excluding hydrogens is 576 g/mol. The Hall–Kier alpha value is -3.49. The largest absolute Gasteiger partial charge is 0.504 e. The van der Waals surface area contributed by atoms with E-state index in [9.17, 15) is 31.1 Å². The quantitative estimate of drug-likeness (QED) is 0.343. The van der Waals surface area contributed by atoms with Crippen LogP contribution in [0.5, 0.6) is 5.75 Å². The van der Waals surface area contributed by atoms with E-state index < -0.39 is 43.9 Å². The number of nitrogens with zero attached hydrogens (tertiary/aromatic N) is 6. The topological polar surface area (TPSA) is 104 Å². The molecule has 0 radical (unpaired) electrons. The van der Waals surface area contributed by atoms with Gasteiger partial charge in [-0.3, -0.25) is 0 Å². The van der Waals surface area contributed by atoms with E-state index in [0.29, 0.717) is 12.5 Å². The number of aromatic nitrogens is 4. The fraction of sp³-hybridized carbons (Fsp3) is 0.320. The van der Waals surface area contributed by atoms with Crippen molar-refractivity contribution >= 4 is 38.6 Å². The lowest BCUT2D eigenvalue weighted by molar-refractivity contribution is -0.137. The second-order valence-electron chi connectivity index (χ2n) is 9.48. The van der Waals surface area contributed by atoms with Crippen molar-refractivity contribution in [3.63, 3.8) is 0 Å². The van der Waals surface area contributed by atoms with Gasteiger partial charge in [0.1, 0.15) is 5.69 Å². The minimum atomic E-state index is -4.95. The number of alkyl halides is 3. The summed E-state index contributed by atoms with van der Waals surface area (Å²) in [5, 5.41) is 13.2. The Morgan fingerprint density at radius 1 is 1.18 bits per heavy atom. The van der Waals surface area contributed by atoms with Crippen molar-refractivity contribution in [3.8, 4) is 17.0 Å². The Bertz CT molecular complexity index is 1700. The van der Waals surface area contributed by atoms with Gasteiger partial charge < -0.3 is 10.0 Å². The Balaban J connectivity index is 1.57. The SMILES string of the molecule is Cn1nc(-c2cc(C(F)(F)F)c(Cl)c(O)c2F)c2cnc(N3CCN(S(C)(=O)=O)C[C@H]3Cc3ccccc3)nc21. The van der Waals surface area contributed by atoms with Crippen molar-refractivity contribution in [2.24, 2.45) is 7.05 Å². The highest BCUT2D eigenvalue weighted by molar-refractivity contribution is 7.88. The molecule has 1 N–H and O–H groups in total. The summed E-state index contributed by atoms with van der Waals surface area (Å²) in [6, 6.07) is 9.68. The summed E-state index contributed by atoms with van der Waals surface area (Å²) in [5.74, 6) is -2.44. The van der Waals surface area contributed by atoms with Gasteiger partial charge in [0.2, 0.25) is 16.0 Å². The molecule has 0 bridgehead atoms. The number of hydrogen-bond acceptors (Lipinski definition) is 7. The maximum Gasteiger partial charge on any atom is 0.418 e. The first-order chi connectivity index (χ1) is 18.8. The third kappa shape index (κ3) is 5.18. The summed E-state index contributed by atoms with van der Waals surface area (Å²) < 4.78 is 82.7. The van der Waals surface area contributed by atoms with E-state index >= 15 is 0 Å². The number of aromatic hydroxyl groups is 1. The molecule has 1 atom stereocenters. The van der Waals surface area contributed by atoms with Crippen LogP contribution in [0.3, 0.4) is 0 Å². The Kier molecular flexibility index (Phi) is 7.13. The number of halogens is 5. The summed E-state index contributed by atoms with van der Waals surface area (Å²) in [5.41, 5.74) is -1.05. The van der Waals surface area contributed by atoms with E-state index in [1.807, 2.05) is 35.2 Å². The molecule has 0 aliphatic carbocycles. The van der Waals surface area contributed by atoms with Crippen molar-refractivity contribution < 1.29 is 31.1 Å². The number of anilines is 1. The molecule has 0 saturated carbocycles. The molecule has 3 heterocycles. The molecule has 2 aromatic heterocycles. The number of phenols is 1. The molecule has 40 heavy (non-hydrogen) atoms. The fourth-order valence-electron chi connectivity index (χ4n) is 4.82. The number of rotatable bonds is 5. The van der Waals surface area contributed by atoms with E-state index in [4.69, 9.17) is 11.6 Å². The van der Waals surface area contributed by atoms with Crippen LogP contribution < -0.4 is 4.90 Å². The fourth-order valence-corrected chi connectivity index (χ4v) is 5.92. The van der Waals surface area contributed by atoms with Crippen LogP contribution in [0.2, 0.25) is 5.02 Å². The maximum absolute atomic E-state index is 15.0. The number of phenolic OH excluding ortho intramolecular Hbond substituents is 1. The first kappa shape index (κ1) is 28.1. The van der Waals surface area contributed by atoms with E-state index in [0.717, 1.165) is 11.8 Å². The molecule has 9 nitrogen and oxygen atoms in total. The molecule has 5 rings (SSSR count). The molecule has 1 aliphatic heterocycles. The van der Waals surface area contributed by atoms with Gasteiger partial charge in [-0.1, -0.05) is 41.9 Å². The molecule has 2 aromatic carbocycles. The Morgan fingerprint density at radius 2 is 1.88 bits per heavy atom. The number of aryl methyl sites for hydroxylation is 1. The normalized spacial score (nSPS) is 17.1. The van der Waals surface area contributed by atoms with Crippen molar-refractivity contribution in [2.75, 3.05) is 30.8 Å². The molecule has 0 unspecified atom stereocenters. The predicted octanol–water partition coefficient (Wildman–Crippen LogP) is 4.24. The first-order valence-electron chi connectivity index (χ1n) is 12.0. The van der Waals surface area contributed by atoms with Crippen molar-refractivity contribution in [2.45, 2.75) is 18.6 Å². The van der Waals surface area contributed by atoms with Crippen LogP contribution in [0.1, 0.15) is 11.1 Å². The van der Waals surface area contributed by atoms with Gasteiger partial charge in [0.05, 0.1) is 22.2 Å². The second-order valence-corrected chi connectivity index (χ2v) is 11.8. The zero-order valence-electron chi connectivity index (χ0n) is 21.2. The van der Waals surface area contributed by atoms with Gasteiger partial charge in [0.25, 0.3) is 0 Å². The lowest BCUT2D eigenvalue weighted by Crippen LogP contribution is -2.56. The highest BCUT2D eigenvalue weighted by atomic mass is 35.5. The van der Waals surface area contributed by atoms with Gasteiger partial charge in [0, 0.05) is 44.5 Å². The minimum absolute atomic E-state index is 0.148. The molecule has 1 fully saturated rings. The number of hydrogen-bond donors (Lipinski definition) is 1. The number of benzene rings is 2. The van der Waals surface area contributed by atoms with Crippen LogP contribution in [0.25, 0.3) is 22.3 Å². The predicted molar refractivity (Wildman–Crippen MR) is 141 cm³/mol. The molecular formula is C25H23ClF4N6O3S. The van der Waals surface area contributed by atoms with Crippen LogP contribution in [0, 0.1) is 5.82 Å². The summed E-state index contributed by atoms with van der Waals surface area (Å²) in [4.78, 5) is 10.9. The third-order valence-electron chi connectivity index (χ3n) is 6.79. The van der Waals surface area contributed by atoms with Gasteiger partial charge in [0.15, 0.2) is 17.2 Å².